The van der Waals surface area contributed by atoms with Gasteiger partial charge >= 0.3 is 5.69 Å². The van der Waals surface area contributed by atoms with Gasteiger partial charge in [-0.1, -0.05) is 23.7 Å². The summed E-state index contributed by atoms with van der Waals surface area (Å²) in [5.41, 5.74) is 20.0. The molecule has 12 heteroatoms. The van der Waals surface area contributed by atoms with Gasteiger partial charge in [0.2, 0.25) is 0 Å². The van der Waals surface area contributed by atoms with Crippen molar-refractivity contribution < 1.29 is 9.13 Å². The van der Waals surface area contributed by atoms with E-state index >= 15 is 4.39 Å². The topological polar surface area (TPSA) is 162 Å². The predicted molar refractivity (Wildman–Crippen MR) is 164 cm³/mol. The fraction of sp³-hybridized carbons (Fsp3) is 0.367. The molecule has 0 aliphatic carbocycles. The van der Waals surface area contributed by atoms with E-state index in [-0.39, 0.29) is 29.2 Å². The van der Waals surface area contributed by atoms with Gasteiger partial charge in [-0.25, -0.2) is 9.18 Å². The summed E-state index contributed by atoms with van der Waals surface area (Å²) in [4.78, 5) is 24.3. The summed E-state index contributed by atoms with van der Waals surface area (Å²) in [6.45, 7) is 3.86. The third-order valence-electron chi connectivity index (χ3n) is 7.36. The molecule has 0 bridgehead atoms. The first-order valence-corrected chi connectivity index (χ1v) is 14.4. The molecular weight excluding hydrogens is 559 g/mol. The molecule has 1 aliphatic heterocycles. The van der Waals surface area contributed by atoms with Gasteiger partial charge in [-0.05, 0) is 74.1 Å². The van der Waals surface area contributed by atoms with Crippen LogP contribution in [0.5, 0.6) is 0 Å². The minimum absolute atomic E-state index is 0.0152. The standard InChI is InChI=1S/C30H36ClFN8O2/c1-17(33)3-2-4-18-11-23(27(32)24(31)12-18)25-13-20-16-40(30(41)39-28(20)38-25)21-7-5-19(6-8-21)26-15-36-14-22(42-26)9-10-37-29(34)35/h5-8,11-13,16-17,22,26,36H,2-4,9-10,14-15,33H2,1H3,(H4,34,35,37)(H,38,39,41)/t17-,22+,26-/m0/s1. The number of guanidine groups is 1. The highest BCUT2D eigenvalue weighted by Crippen LogP contribution is 2.31. The van der Waals surface area contributed by atoms with Crippen LogP contribution in [0.3, 0.4) is 0 Å². The monoisotopic (exact) mass is 594 g/mol. The first-order valence-electron chi connectivity index (χ1n) is 14.1. The molecule has 2 aromatic carbocycles. The molecule has 10 nitrogen and oxygen atoms in total. The van der Waals surface area contributed by atoms with E-state index < -0.39 is 11.5 Å². The second-order valence-corrected chi connectivity index (χ2v) is 11.2. The second kappa shape index (κ2) is 13.0. The highest BCUT2D eigenvalue weighted by atomic mass is 35.5. The van der Waals surface area contributed by atoms with Crippen molar-refractivity contribution in [1.29, 1.82) is 0 Å². The molecule has 0 spiro atoms. The maximum absolute atomic E-state index is 15.1. The van der Waals surface area contributed by atoms with E-state index in [0.717, 1.165) is 36.9 Å². The molecule has 4 aromatic rings. The zero-order chi connectivity index (χ0) is 29.8. The number of rotatable bonds is 10. The lowest BCUT2D eigenvalue weighted by Crippen LogP contribution is -2.41. The number of H-pyrrole nitrogens is 1. The number of aromatic amines is 1. The predicted octanol–water partition coefficient (Wildman–Crippen LogP) is 3.54. The van der Waals surface area contributed by atoms with Crippen molar-refractivity contribution in [3.63, 3.8) is 0 Å². The average Bonchev–Trinajstić information content (AvgIpc) is 3.37. The number of ether oxygens (including phenoxy) is 1. The van der Waals surface area contributed by atoms with Crippen molar-refractivity contribution in [3.05, 3.63) is 81.1 Å². The maximum Gasteiger partial charge on any atom is 0.354 e. The molecular formula is C30H36ClFN8O2. The number of aryl methyl sites for hydroxylation is 1. The van der Waals surface area contributed by atoms with E-state index in [1.807, 2.05) is 31.2 Å². The first kappa shape index (κ1) is 29.7. The Labute approximate surface area is 248 Å². The third kappa shape index (κ3) is 6.99. The molecule has 3 heterocycles. The van der Waals surface area contributed by atoms with Gasteiger partial charge in [-0.2, -0.15) is 4.98 Å². The molecule has 42 heavy (non-hydrogen) atoms. The summed E-state index contributed by atoms with van der Waals surface area (Å²) in [5, 5.41) is 4.10. The summed E-state index contributed by atoms with van der Waals surface area (Å²) < 4.78 is 22.8. The fourth-order valence-corrected chi connectivity index (χ4v) is 5.44. The normalized spacial score (nSPS) is 17.8. The Balaban J connectivity index is 1.35. The number of aliphatic imine (C=N–C) groups is 1. The molecule has 2 aromatic heterocycles. The molecule has 1 saturated heterocycles. The van der Waals surface area contributed by atoms with Crippen molar-refractivity contribution in [3.8, 4) is 16.9 Å². The minimum atomic E-state index is -0.525. The van der Waals surface area contributed by atoms with Crippen LogP contribution in [-0.4, -0.2) is 52.3 Å². The maximum atomic E-state index is 15.1. The minimum Gasteiger partial charge on any atom is -0.370 e. The van der Waals surface area contributed by atoms with Crippen molar-refractivity contribution in [2.75, 3.05) is 19.6 Å². The summed E-state index contributed by atoms with van der Waals surface area (Å²) in [6.07, 6.45) is 4.71. The van der Waals surface area contributed by atoms with Gasteiger partial charge in [0.05, 0.1) is 28.6 Å². The fourth-order valence-electron chi connectivity index (χ4n) is 5.20. The molecule has 222 valence electrons. The highest BCUT2D eigenvalue weighted by molar-refractivity contribution is 6.31. The van der Waals surface area contributed by atoms with E-state index in [2.05, 4.69) is 20.3 Å². The summed E-state index contributed by atoms with van der Waals surface area (Å²) in [6, 6.07) is 12.9. The molecule has 0 radical (unpaired) electrons. The van der Waals surface area contributed by atoms with Crippen LogP contribution in [0.2, 0.25) is 5.02 Å². The number of aromatic nitrogens is 3. The quantitative estimate of drug-likeness (QED) is 0.138. The molecule has 3 atom stereocenters. The summed E-state index contributed by atoms with van der Waals surface area (Å²) >= 11 is 6.24. The van der Waals surface area contributed by atoms with Gasteiger partial charge in [0, 0.05) is 42.8 Å². The Morgan fingerprint density at radius 1 is 1.24 bits per heavy atom. The van der Waals surface area contributed by atoms with E-state index in [0.29, 0.717) is 47.5 Å². The van der Waals surface area contributed by atoms with Gasteiger partial charge in [-0.3, -0.25) is 9.56 Å². The Morgan fingerprint density at radius 2 is 2.02 bits per heavy atom. The lowest BCUT2D eigenvalue weighted by atomic mass is 10.0. The lowest BCUT2D eigenvalue weighted by Gasteiger charge is -2.31. The van der Waals surface area contributed by atoms with E-state index in [9.17, 15) is 4.79 Å². The molecule has 8 N–H and O–H groups in total. The Hall–Kier alpha value is -3.77. The van der Waals surface area contributed by atoms with Crippen LogP contribution in [0.15, 0.2) is 58.4 Å². The zero-order valence-electron chi connectivity index (χ0n) is 23.4. The Bertz CT molecular complexity index is 1630. The smallest absolute Gasteiger partial charge is 0.354 e. The SMILES string of the molecule is C[C@H](N)CCCc1cc(Cl)c(F)c(-c2cc3cn(-c4ccc([C@@H]5CNC[C@@H](CCN=C(N)N)O5)cc4)c(=O)nc3[nH]2)c1. The number of nitrogens with one attached hydrogen (secondary N) is 2. The highest BCUT2D eigenvalue weighted by Gasteiger charge is 2.23. The van der Waals surface area contributed by atoms with Crippen LogP contribution in [0, 0.1) is 5.82 Å². The lowest BCUT2D eigenvalue weighted by molar-refractivity contribution is -0.0409. The Morgan fingerprint density at radius 3 is 2.76 bits per heavy atom. The van der Waals surface area contributed by atoms with Crippen molar-refractivity contribution in [2.24, 2.45) is 22.2 Å². The summed E-state index contributed by atoms with van der Waals surface area (Å²) in [5.74, 6) is -0.456. The summed E-state index contributed by atoms with van der Waals surface area (Å²) in [7, 11) is 0. The van der Waals surface area contributed by atoms with E-state index in [1.54, 1.807) is 24.4 Å². The van der Waals surface area contributed by atoms with Gasteiger partial charge in [-0.15, -0.1) is 0 Å². The largest absolute Gasteiger partial charge is 0.370 e. The molecule has 1 fully saturated rings. The van der Waals surface area contributed by atoms with Crippen LogP contribution in [-0.2, 0) is 11.2 Å². The van der Waals surface area contributed by atoms with E-state index in [1.165, 1.54) is 4.57 Å². The molecule has 0 unspecified atom stereocenters. The number of hydrogen-bond acceptors (Lipinski definition) is 6. The average molecular weight is 595 g/mol. The first-order chi connectivity index (χ1) is 20.2. The van der Waals surface area contributed by atoms with Gasteiger partial charge < -0.3 is 32.2 Å². The van der Waals surface area contributed by atoms with Crippen molar-refractivity contribution in [2.45, 2.75) is 50.9 Å². The van der Waals surface area contributed by atoms with Gasteiger partial charge in [0.1, 0.15) is 5.65 Å². The molecule has 0 saturated carbocycles. The molecule has 5 rings (SSSR count). The van der Waals surface area contributed by atoms with Crippen molar-refractivity contribution >= 4 is 28.6 Å². The number of hydrogen-bond donors (Lipinski definition) is 5. The van der Waals surface area contributed by atoms with Crippen LogP contribution in [0.25, 0.3) is 28.0 Å². The van der Waals surface area contributed by atoms with Crippen LogP contribution >= 0.6 is 11.6 Å². The van der Waals surface area contributed by atoms with Crippen LogP contribution in [0.4, 0.5) is 4.39 Å². The molecule has 0 amide bonds. The number of nitrogens with two attached hydrogens (primary N) is 3. The molecule has 1 aliphatic rings. The van der Waals surface area contributed by atoms with Crippen molar-refractivity contribution in [1.82, 2.24) is 19.9 Å². The van der Waals surface area contributed by atoms with Crippen LogP contribution in [0.1, 0.15) is 43.4 Å². The van der Waals surface area contributed by atoms with Gasteiger partial charge in [0.15, 0.2) is 11.8 Å². The number of fused-ring (bicyclic) bond motifs is 1. The number of morpholine rings is 1. The van der Waals surface area contributed by atoms with E-state index in [4.69, 9.17) is 33.5 Å². The van der Waals surface area contributed by atoms with Gasteiger partial charge in [0.25, 0.3) is 0 Å². The Kier molecular flexibility index (Phi) is 9.22. The third-order valence-corrected chi connectivity index (χ3v) is 7.63. The number of benzene rings is 2. The second-order valence-electron chi connectivity index (χ2n) is 10.8. The van der Waals surface area contributed by atoms with Crippen LogP contribution < -0.4 is 28.2 Å². The number of halogens is 2. The zero-order valence-corrected chi connectivity index (χ0v) is 24.2. The number of nitrogens with zero attached hydrogens (tertiary/aromatic N) is 3.